The van der Waals surface area contributed by atoms with E-state index in [1.165, 1.54) is 4.31 Å². The van der Waals surface area contributed by atoms with E-state index >= 15 is 0 Å². The third kappa shape index (κ3) is 8.02. The molecule has 8 heteroatoms. The van der Waals surface area contributed by atoms with Gasteiger partial charge in [-0.2, -0.15) is 0 Å². The van der Waals surface area contributed by atoms with Crippen molar-refractivity contribution in [1.82, 2.24) is 4.31 Å². The molecule has 40 heavy (non-hydrogen) atoms. The van der Waals surface area contributed by atoms with E-state index in [1.54, 1.807) is 24.3 Å². The van der Waals surface area contributed by atoms with Crippen molar-refractivity contribution < 1.29 is 18.0 Å². The Hall–Kier alpha value is -3.49. The Kier molecular flexibility index (Phi) is 9.43. The molecule has 0 aliphatic carbocycles. The van der Waals surface area contributed by atoms with Crippen LogP contribution in [0.5, 0.6) is 0 Å². The third-order valence-electron chi connectivity index (χ3n) is 7.26. The van der Waals surface area contributed by atoms with Crippen LogP contribution < -0.4 is 10.6 Å². The van der Waals surface area contributed by atoms with Crippen molar-refractivity contribution in [3.8, 4) is 0 Å². The second-order valence-electron chi connectivity index (χ2n) is 11.5. The molecule has 1 aliphatic heterocycles. The highest BCUT2D eigenvalue weighted by molar-refractivity contribution is 7.89. The highest BCUT2D eigenvalue weighted by Gasteiger charge is 2.32. The van der Waals surface area contributed by atoms with Gasteiger partial charge < -0.3 is 10.6 Å². The number of carbonyl (C=O) groups is 2. The van der Waals surface area contributed by atoms with Gasteiger partial charge in [0.1, 0.15) is 0 Å². The Balaban J connectivity index is 1.31. The Labute approximate surface area is 238 Å². The summed E-state index contributed by atoms with van der Waals surface area (Å²) in [6.45, 7) is 6.99. The van der Waals surface area contributed by atoms with Crippen molar-refractivity contribution in [2.24, 2.45) is 5.92 Å². The average molecular weight is 562 g/mol. The molecule has 0 aromatic heterocycles. The zero-order valence-electron chi connectivity index (χ0n) is 23.5. The molecular weight excluding hydrogens is 522 g/mol. The molecule has 0 saturated carbocycles. The number of hydrogen-bond donors (Lipinski definition) is 2. The Morgan fingerprint density at radius 2 is 1.57 bits per heavy atom. The number of nitrogens with one attached hydrogen (secondary N) is 2. The lowest BCUT2D eigenvalue weighted by molar-refractivity contribution is -0.120. The number of carbonyl (C=O) groups excluding carboxylic acids is 2. The van der Waals surface area contributed by atoms with Crippen LogP contribution in [0.4, 0.5) is 11.4 Å². The first kappa shape index (κ1) is 29.5. The highest BCUT2D eigenvalue weighted by Crippen LogP contribution is 2.24. The summed E-state index contributed by atoms with van der Waals surface area (Å²) in [5, 5.41) is 5.80. The van der Waals surface area contributed by atoms with Crippen molar-refractivity contribution >= 4 is 33.2 Å². The standard InChI is InChI=1S/C32H39N3O4S/c1-32(2,3)27-18-16-25(17-19-27)30(36)33-28-14-7-15-29(22-28)34-31(37)26-13-8-20-35(23-26)40(38,39)21-9-12-24-10-5-4-6-11-24/h4-7,10-11,14-19,22,26H,8-9,12-13,20-21,23H2,1-3H3,(H,33,36)(H,34,37)/t26-/m1/s1. The van der Waals surface area contributed by atoms with Crippen molar-refractivity contribution in [3.05, 3.63) is 95.6 Å². The van der Waals surface area contributed by atoms with Crippen LogP contribution in [0.2, 0.25) is 0 Å². The third-order valence-corrected chi connectivity index (χ3v) is 9.18. The summed E-state index contributed by atoms with van der Waals surface area (Å²) in [4.78, 5) is 25.9. The normalized spacial score (nSPS) is 16.3. The van der Waals surface area contributed by atoms with Crippen molar-refractivity contribution in [2.75, 3.05) is 29.5 Å². The Bertz CT molecular complexity index is 1410. The Morgan fingerprint density at radius 1 is 0.900 bits per heavy atom. The zero-order valence-corrected chi connectivity index (χ0v) is 24.3. The lowest BCUT2D eigenvalue weighted by atomic mass is 9.87. The van der Waals surface area contributed by atoms with E-state index in [2.05, 4.69) is 31.4 Å². The number of nitrogens with zero attached hydrogens (tertiary/aromatic N) is 1. The number of sulfonamides is 1. The van der Waals surface area contributed by atoms with Crippen LogP contribution in [-0.2, 0) is 26.7 Å². The lowest BCUT2D eigenvalue weighted by Gasteiger charge is -2.31. The first-order valence-electron chi connectivity index (χ1n) is 13.9. The monoisotopic (exact) mass is 561 g/mol. The quantitative estimate of drug-likeness (QED) is 0.343. The van der Waals surface area contributed by atoms with Gasteiger partial charge in [0.2, 0.25) is 15.9 Å². The summed E-state index contributed by atoms with van der Waals surface area (Å²) in [5.74, 6) is -0.816. The molecule has 7 nitrogen and oxygen atoms in total. The summed E-state index contributed by atoms with van der Waals surface area (Å²) in [6.07, 6.45) is 2.51. The van der Waals surface area contributed by atoms with Gasteiger partial charge in [-0.1, -0.05) is 69.3 Å². The number of anilines is 2. The largest absolute Gasteiger partial charge is 0.326 e. The summed E-state index contributed by atoms with van der Waals surface area (Å²) in [5.41, 5.74) is 3.93. The van der Waals surface area contributed by atoms with Crippen LogP contribution in [0, 0.1) is 5.92 Å². The van der Waals surface area contributed by atoms with Gasteiger partial charge in [0.05, 0.1) is 11.7 Å². The first-order chi connectivity index (χ1) is 19.0. The van der Waals surface area contributed by atoms with Crippen LogP contribution in [-0.4, -0.2) is 43.4 Å². The molecule has 3 aromatic rings. The fourth-order valence-electron chi connectivity index (χ4n) is 4.89. The Morgan fingerprint density at radius 3 is 2.25 bits per heavy atom. The van der Waals surface area contributed by atoms with E-state index in [9.17, 15) is 18.0 Å². The molecule has 2 N–H and O–H groups in total. The molecule has 1 fully saturated rings. The van der Waals surface area contributed by atoms with E-state index in [4.69, 9.17) is 0 Å². The first-order valence-corrected chi connectivity index (χ1v) is 15.5. The molecule has 0 spiro atoms. The van der Waals surface area contributed by atoms with Crippen molar-refractivity contribution in [2.45, 2.75) is 51.9 Å². The van der Waals surface area contributed by atoms with Gasteiger partial charge >= 0.3 is 0 Å². The molecule has 0 radical (unpaired) electrons. The molecule has 1 atom stereocenters. The van der Waals surface area contributed by atoms with Gasteiger partial charge in [-0.05, 0) is 72.6 Å². The number of aryl methyl sites for hydroxylation is 1. The number of amides is 2. The van der Waals surface area contributed by atoms with E-state index in [1.807, 2.05) is 54.6 Å². The topological polar surface area (TPSA) is 95.6 Å². The molecule has 3 aromatic carbocycles. The predicted octanol–water partition coefficient (Wildman–Crippen LogP) is 5.85. The molecule has 1 saturated heterocycles. The van der Waals surface area contributed by atoms with Crippen LogP contribution in [0.1, 0.15) is 61.5 Å². The molecule has 0 bridgehead atoms. The van der Waals surface area contributed by atoms with Gasteiger partial charge in [-0.25, -0.2) is 12.7 Å². The van der Waals surface area contributed by atoms with Gasteiger partial charge in [0.25, 0.3) is 5.91 Å². The zero-order chi connectivity index (χ0) is 28.8. The number of rotatable bonds is 9. The second kappa shape index (κ2) is 12.8. The summed E-state index contributed by atoms with van der Waals surface area (Å²) in [7, 11) is -3.44. The van der Waals surface area contributed by atoms with E-state index < -0.39 is 15.9 Å². The smallest absolute Gasteiger partial charge is 0.255 e. The maximum Gasteiger partial charge on any atom is 0.255 e. The molecule has 0 unspecified atom stereocenters. The minimum atomic E-state index is -3.44. The van der Waals surface area contributed by atoms with Crippen molar-refractivity contribution in [1.29, 1.82) is 0 Å². The maximum atomic E-state index is 13.1. The highest BCUT2D eigenvalue weighted by atomic mass is 32.2. The minimum Gasteiger partial charge on any atom is -0.326 e. The fraction of sp³-hybridized carbons (Fsp3) is 0.375. The lowest BCUT2D eigenvalue weighted by Crippen LogP contribution is -2.44. The second-order valence-corrected chi connectivity index (χ2v) is 13.5. The fourth-order valence-corrected chi connectivity index (χ4v) is 6.47. The van der Waals surface area contributed by atoms with Crippen LogP contribution in [0.25, 0.3) is 0 Å². The number of benzene rings is 3. The predicted molar refractivity (Wildman–Crippen MR) is 161 cm³/mol. The van der Waals surface area contributed by atoms with Crippen LogP contribution in [0.15, 0.2) is 78.9 Å². The van der Waals surface area contributed by atoms with E-state index in [0.29, 0.717) is 49.2 Å². The van der Waals surface area contributed by atoms with E-state index in [-0.39, 0.29) is 29.5 Å². The summed E-state index contributed by atoms with van der Waals surface area (Å²) in [6, 6.07) is 24.4. The van der Waals surface area contributed by atoms with Crippen LogP contribution in [0.3, 0.4) is 0 Å². The molecule has 4 rings (SSSR count). The number of hydrogen-bond acceptors (Lipinski definition) is 4. The van der Waals surface area contributed by atoms with E-state index in [0.717, 1.165) is 11.1 Å². The number of piperidine rings is 1. The molecule has 2 amide bonds. The van der Waals surface area contributed by atoms with Gasteiger partial charge in [0, 0.05) is 30.0 Å². The SMILES string of the molecule is CC(C)(C)c1ccc(C(=O)Nc2cccc(NC(=O)[C@@H]3CCCN(S(=O)(=O)CCCc4ccccc4)C3)c2)cc1. The molecule has 212 valence electrons. The van der Waals surface area contributed by atoms with Crippen molar-refractivity contribution in [3.63, 3.8) is 0 Å². The maximum absolute atomic E-state index is 13.1. The summed E-state index contributed by atoms with van der Waals surface area (Å²) < 4.78 is 27.4. The van der Waals surface area contributed by atoms with Crippen LogP contribution >= 0.6 is 0 Å². The molecular formula is C32H39N3O4S. The summed E-state index contributed by atoms with van der Waals surface area (Å²) >= 11 is 0. The van der Waals surface area contributed by atoms with Gasteiger partial charge in [-0.3, -0.25) is 9.59 Å². The average Bonchev–Trinajstić information content (AvgIpc) is 2.93. The molecule has 1 aliphatic rings. The minimum absolute atomic E-state index is 0.00343. The molecule has 1 heterocycles. The van der Waals surface area contributed by atoms with Gasteiger partial charge in [-0.15, -0.1) is 0 Å². The van der Waals surface area contributed by atoms with Gasteiger partial charge in [0.15, 0.2) is 0 Å².